The number of carbonyl (C=O) groups is 1. The predicted molar refractivity (Wildman–Crippen MR) is 73.1 cm³/mol. The fraction of sp³-hybridized carbons (Fsp3) is 0.0769. The van der Waals surface area contributed by atoms with Crippen LogP contribution in [-0.2, 0) is 0 Å². The number of rotatable bonds is 3. The summed E-state index contributed by atoms with van der Waals surface area (Å²) in [5, 5.41) is 4.89. The number of nitrogens with zero attached hydrogens (tertiary/aromatic N) is 1. The first-order valence-corrected chi connectivity index (χ1v) is 6.09. The number of benzene rings is 1. The van der Waals surface area contributed by atoms with E-state index >= 15 is 0 Å². The van der Waals surface area contributed by atoms with Crippen molar-refractivity contribution >= 4 is 29.0 Å². The van der Waals surface area contributed by atoms with Crippen LogP contribution in [-0.4, -0.2) is 17.9 Å². The van der Waals surface area contributed by atoms with E-state index in [-0.39, 0.29) is 10.7 Å². The second kappa shape index (κ2) is 6.01. The number of pyridine rings is 1. The molecule has 1 aromatic heterocycles. The van der Waals surface area contributed by atoms with Crippen LogP contribution in [0.2, 0.25) is 5.15 Å². The summed E-state index contributed by atoms with van der Waals surface area (Å²) >= 11 is 5.74. The van der Waals surface area contributed by atoms with Crippen molar-refractivity contribution in [1.29, 1.82) is 0 Å². The van der Waals surface area contributed by atoms with Gasteiger partial charge in [0.15, 0.2) is 11.6 Å². The highest BCUT2D eigenvalue weighted by Crippen LogP contribution is 2.20. The van der Waals surface area contributed by atoms with Crippen LogP contribution in [0.1, 0.15) is 10.4 Å². The lowest BCUT2D eigenvalue weighted by Crippen LogP contribution is -2.14. The molecule has 2 aromatic rings. The number of halogens is 4. The number of aromatic nitrogens is 1. The number of hydrogen-bond donors (Lipinski definition) is 2. The molecule has 1 heterocycles. The van der Waals surface area contributed by atoms with Crippen LogP contribution in [0.25, 0.3) is 0 Å². The molecule has 0 unspecified atom stereocenters. The largest absolute Gasteiger partial charge is 0.373 e. The van der Waals surface area contributed by atoms with E-state index in [1.807, 2.05) is 0 Å². The van der Waals surface area contributed by atoms with Gasteiger partial charge in [-0.15, -0.1) is 0 Å². The highest BCUT2D eigenvalue weighted by atomic mass is 35.5. The Morgan fingerprint density at radius 3 is 2.43 bits per heavy atom. The van der Waals surface area contributed by atoms with Crippen LogP contribution in [0.3, 0.4) is 0 Å². The number of hydrogen-bond acceptors (Lipinski definition) is 3. The van der Waals surface area contributed by atoms with Gasteiger partial charge in [-0.05, 0) is 12.1 Å². The SMILES string of the molecule is CNc1cc(C(=O)Nc2cc(F)c(F)cc2F)cc(Cl)n1. The van der Waals surface area contributed by atoms with Crippen molar-refractivity contribution in [2.75, 3.05) is 17.7 Å². The number of amides is 1. The van der Waals surface area contributed by atoms with Gasteiger partial charge in [0, 0.05) is 24.7 Å². The number of anilines is 2. The molecule has 0 aliphatic rings. The van der Waals surface area contributed by atoms with Gasteiger partial charge in [-0.3, -0.25) is 4.79 Å². The Morgan fingerprint density at radius 1 is 1.10 bits per heavy atom. The van der Waals surface area contributed by atoms with Crippen LogP contribution >= 0.6 is 11.6 Å². The van der Waals surface area contributed by atoms with Gasteiger partial charge in [-0.25, -0.2) is 18.2 Å². The first-order chi connectivity index (χ1) is 9.90. The first-order valence-electron chi connectivity index (χ1n) is 5.72. The molecule has 0 atom stereocenters. The van der Waals surface area contributed by atoms with Gasteiger partial charge in [0.1, 0.15) is 16.8 Å². The summed E-state index contributed by atoms with van der Waals surface area (Å²) in [6.07, 6.45) is 0. The average molecular weight is 316 g/mol. The van der Waals surface area contributed by atoms with Gasteiger partial charge >= 0.3 is 0 Å². The number of nitrogens with one attached hydrogen (secondary N) is 2. The topological polar surface area (TPSA) is 54.0 Å². The van der Waals surface area contributed by atoms with Crippen LogP contribution < -0.4 is 10.6 Å². The van der Waals surface area contributed by atoms with Gasteiger partial charge in [0.2, 0.25) is 0 Å². The maximum atomic E-state index is 13.5. The Bertz CT molecular complexity index is 709. The molecule has 4 nitrogen and oxygen atoms in total. The molecule has 0 saturated heterocycles. The lowest BCUT2D eigenvalue weighted by atomic mass is 10.2. The predicted octanol–water partition coefficient (Wildman–Crippen LogP) is 3.45. The average Bonchev–Trinajstić information content (AvgIpc) is 2.43. The maximum Gasteiger partial charge on any atom is 0.255 e. The van der Waals surface area contributed by atoms with E-state index in [1.54, 1.807) is 7.05 Å². The van der Waals surface area contributed by atoms with Crippen molar-refractivity contribution in [1.82, 2.24) is 4.98 Å². The minimum Gasteiger partial charge on any atom is -0.373 e. The van der Waals surface area contributed by atoms with E-state index < -0.39 is 29.0 Å². The van der Waals surface area contributed by atoms with E-state index in [4.69, 9.17) is 11.6 Å². The van der Waals surface area contributed by atoms with E-state index in [0.29, 0.717) is 18.0 Å². The molecule has 0 bridgehead atoms. The van der Waals surface area contributed by atoms with E-state index in [2.05, 4.69) is 15.6 Å². The third-order valence-electron chi connectivity index (χ3n) is 2.57. The smallest absolute Gasteiger partial charge is 0.255 e. The second-order valence-electron chi connectivity index (χ2n) is 4.01. The molecule has 0 aliphatic heterocycles. The van der Waals surface area contributed by atoms with Crippen molar-refractivity contribution in [3.8, 4) is 0 Å². The molecule has 0 fully saturated rings. The molecule has 21 heavy (non-hydrogen) atoms. The van der Waals surface area contributed by atoms with Gasteiger partial charge in [0.05, 0.1) is 5.69 Å². The molecule has 0 saturated carbocycles. The van der Waals surface area contributed by atoms with Gasteiger partial charge < -0.3 is 10.6 Å². The standard InChI is InChI=1S/C13H9ClF3N3O/c1-18-12-3-6(2-11(14)20-12)13(21)19-10-5-8(16)7(15)4-9(10)17/h2-5H,1H3,(H,18,20)(H,19,21). The molecule has 2 N–H and O–H groups in total. The fourth-order valence-corrected chi connectivity index (χ4v) is 1.78. The Kier molecular flexibility index (Phi) is 4.32. The summed E-state index contributed by atoms with van der Waals surface area (Å²) in [5.74, 6) is -4.10. The van der Waals surface area contributed by atoms with Gasteiger partial charge in [-0.2, -0.15) is 0 Å². The molecular weight excluding hydrogens is 307 g/mol. The van der Waals surface area contributed by atoms with Crippen LogP contribution in [0, 0.1) is 17.5 Å². The quantitative estimate of drug-likeness (QED) is 0.674. The molecule has 2 rings (SSSR count). The molecule has 0 spiro atoms. The molecule has 110 valence electrons. The monoisotopic (exact) mass is 315 g/mol. The summed E-state index contributed by atoms with van der Waals surface area (Å²) in [4.78, 5) is 15.9. The summed E-state index contributed by atoms with van der Waals surface area (Å²) < 4.78 is 39.3. The zero-order chi connectivity index (χ0) is 15.6. The van der Waals surface area contributed by atoms with Crippen molar-refractivity contribution in [3.63, 3.8) is 0 Å². The maximum absolute atomic E-state index is 13.5. The second-order valence-corrected chi connectivity index (χ2v) is 4.40. The Labute approximate surface area is 122 Å². The van der Waals surface area contributed by atoms with Crippen molar-refractivity contribution in [3.05, 3.63) is 52.4 Å². The molecule has 8 heteroatoms. The third-order valence-corrected chi connectivity index (χ3v) is 2.76. The van der Waals surface area contributed by atoms with Gasteiger partial charge in [-0.1, -0.05) is 11.6 Å². The minimum atomic E-state index is -1.34. The molecule has 1 amide bonds. The van der Waals surface area contributed by atoms with Crippen molar-refractivity contribution in [2.24, 2.45) is 0 Å². The third kappa shape index (κ3) is 3.43. The molecule has 0 aliphatic carbocycles. The lowest BCUT2D eigenvalue weighted by Gasteiger charge is -2.08. The molecular formula is C13H9ClF3N3O. The Morgan fingerprint density at radius 2 is 1.76 bits per heavy atom. The zero-order valence-corrected chi connectivity index (χ0v) is 11.4. The van der Waals surface area contributed by atoms with Crippen LogP contribution in [0.5, 0.6) is 0 Å². The first kappa shape index (κ1) is 15.1. The zero-order valence-electron chi connectivity index (χ0n) is 10.7. The summed E-state index contributed by atoms with van der Waals surface area (Å²) in [7, 11) is 1.58. The van der Waals surface area contributed by atoms with Crippen molar-refractivity contribution in [2.45, 2.75) is 0 Å². The highest BCUT2D eigenvalue weighted by Gasteiger charge is 2.14. The Balaban J connectivity index is 2.30. The van der Waals surface area contributed by atoms with Gasteiger partial charge in [0.25, 0.3) is 5.91 Å². The highest BCUT2D eigenvalue weighted by molar-refractivity contribution is 6.30. The number of carbonyl (C=O) groups excluding carboxylic acids is 1. The van der Waals surface area contributed by atoms with E-state index in [9.17, 15) is 18.0 Å². The summed E-state index contributed by atoms with van der Waals surface area (Å²) in [6.45, 7) is 0. The normalized spacial score (nSPS) is 10.3. The lowest BCUT2D eigenvalue weighted by molar-refractivity contribution is 0.102. The van der Waals surface area contributed by atoms with E-state index in [0.717, 1.165) is 0 Å². The van der Waals surface area contributed by atoms with Crippen molar-refractivity contribution < 1.29 is 18.0 Å². The minimum absolute atomic E-state index is 0.0535. The summed E-state index contributed by atoms with van der Waals surface area (Å²) in [6, 6.07) is 3.54. The van der Waals surface area contributed by atoms with Crippen LogP contribution in [0.4, 0.5) is 24.7 Å². The summed E-state index contributed by atoms with van der Waals surface area (Å²) in [5.41, 5.74) is -0.388. The molecule has 1 aromatic carbocycles. The van der Waals surface area contributed by atoms with Crippen LogP contribution in [0.15, 0.2) is 24.3 Å². The molecule has 0 radical (unpaired) electrons. The fourth-order valence-electron chi connectivity index (χ4n) is 1.57. The Hall–Kier alpha value is -2.28. The van der Waals surface area contributed by atoms with E-state index in [1.165, 1.54) is 12.1 Å².